The molecular weight excluding hydrogens is 274 g/mol. The molecule has 0 radical (unpaired) electrons. The number of hydrogen-bond donors (Lipinski definition) is 1. The summed E-state index contributed by atoms with van der Waals surface area (Å²) in [6.07, 6.45) is 1.02. The first-order valence-electron chi connectivity index (χ1n) is 6.74. The number of esters is 1. The van der Waals surface area contributed by atoms with Crippen molar-refractivity contribution in [1.82, 2.24) is 5.32 Å². The zero-order valence-corrected chi connectivity index (χ0v) is 12.6. The van der Waals surface area contributed by atoms with Crippen molar-refractivity contribution in [2.75, 3.05) is 20.8 Å². The number of carbonyl (C=O) groups excluding carboxylic acids is 2. The van der Waals surface area contributed by atoms with Gasteiger partial charge in [0.05, 0.1) is 14.2 Å². The lowest BCUT2D eigenvalue weighted by Crippen LogP contribution is -2.28. The van der Waals surface area contributed by atoms with E-state index < -0.39 is 0 Å². The maximum atomic E-state index is 11.6. The number of hydrogen-bond acceptors (Lipinski definition) is 5. The van der Waals surface area contributed by atoms with Crippen LogP contribution >= 0.6 is 0 Å². The van der Waals surface area contributed by atoms with Gasteiger partial charge < -0.3 is 19.5 Å². The first-order chi connectivity index (χ1) is 10.1. The Kier molecular flexibility index (Phi) is 7.08. The van der Waals surface area contributed by atoms with Gasteiger partial charge in [-0.3, -0.25) is 9.59 Å². The van der Waals surface area contributed by atoms with Gasteiger partial charge in [0.1, 0.15) is 0 Å². The molecule has 6 nitrogen and oxygen atoms in total. The SMILES string of the molecule is CCCC(=O)OCC(=O)NCc1ccc(OC)c(OC)c1. The molecule has 6 heteroatoms. The van der Waals surface area contributed by atoms with Gasteiger partial charge in [0.15, 0.2) is 18.1 Å². The van der Waals surface area contributed by atoms with Gasteiger partial charge >= 0.3 is 5.97 Å². The average molecular weight is 295 g/mol. The second-order valence-electron chi connectivity index (χ2n) is 4.38. The van der Waals surface area contributed by atoms with Crippen LogP contribution in [0.4, 0.5) is 0 Å². The average Bonchev–Trinajstić information content (AvgIpc) is 2.50. The van der Waals surface area contributed by atoms with Crippen LogP contribution in [0, 0.1) is 0 Å². The topological polar surface area (TPSA) is 73.9 Å². The standard InChI is InChI=1S/C15H21NO5/c1-4-5-15(18)21-10-14(17)16-9-11-6-7-12(19-2)13(8-11)20-3/h6-8H,4-5,9-10H2,1-3H3,(H,16,17). The Labute approximate surface area is 124 Å². The Morgan fingerprint density at radius 2 is 1.86 bits per heavy atom. The fourth-order valence-electron chi connectivity index (χ4n) is 1.66. The third-order valence-electron chi connectivity index (χ3n) is 2.76. The van der Waals surface area contributed by atoms with Crippen molar-refractivity contribution in [2.24, 2.45) is 0 Å². The van der Waals surface area contributed by atoms with E-state index in [0.29, 0.717) is 30.9 Å². The molecule has 0 spiro atoms. The Bertz CT molecular complexity index is 487. The van der Waals surface area contributed by atoms with E-state index in [2.05, 4.69) is 5.32 Å². The highest BCUT2D eigenvalue weighted by Crippen LogP contribution is 2.27. The molecule has 1 rings (SSSR count). The van der Waals surface area contributed by atoms with Crippen LogP contribution in [0.15, 0.2) is 18.2 Å². The smallest absolute Gasteiger partial charge is 0.306 e. The van der Waals surface area contributed by atoms with Crippen LogP contribution < -0.4 is 14.8 Å². The molecule has 1 amide bonds. The van der Waals surface area contributed by atoms with Crippen molar-refractivity contribution in [3.63, 3.8) is 0 Å². The number of benzene rings is 1. The minimum atomic E-state index is -0.362. The summed E-state index contributed by atoms with van der Waals surface area (Å²) in [6, 6.07) is 5.37. The van der Waals surface area contributed by atoms with E-state index in [9.17, 15) is 9.59 Å². The lowest BCUT2D eigenvalue weighted by molar-refractivity contribution is -0.148. The third kappa shape index (κ3) is 5.72. The molecule has 1 aromatic rings. The lowest BCUT2D eigenvalue weighted by atomic mass is 10.2. The van der Waals surface area contributed by atoms with Gasteiger partial charge in [0.2, 0.25) is 0 Å². The van der Waals surface area contributed by atoms with Crippen LogP contribution in [0.1, 0.15) is 25.3 Å². The molecule has 0 unspecified atom stereocenters. The van der Waals surface area contributed by atoms with Crippen molar-refractivity contribution < 1.29 is 23.8 Å². The summed E-state index contributed by atoms with van der Waals surface area (Å²) in [7, 11) is 3.11. The van der Waals surface area contributed by atoms with Crippen molar-refractivity contribution in [1.29, 1.82) is 0 Å². The second kappa shape index (κ2) is 8.84. The number of nitrogens with one attached hydrogen (secondary N) is 1. The van der Waals surface area contributed by atoms with E-state index in [1.807, 2.05) is 13.0 Å². The predicted molar refractivity (Wildman–Crippen MR) is 77.3 cm³/mol. The van der Waals surface area contributed by atoms with Crippen LogP contribution in [-0.4, -0.2) is 32.7 Å². The summed E-state index contributed by atoms with van der Waals surface area (Å²) >= 11 is 0. The van der Waals surface area contributed by atoms with Crippen molar-refractivity contribution in [2.45, 2.75) is 26.3 Å². The normalized spacial score (nSPS) is 9.86. The molecule has 0 heterocycles. The number of ether oxygens (including phenoxy) is 3. The number of amides is 1. The molecule has 0 aromatic heterocycles. The van der Waals surface area contributed by atoms with Gasteiger partial charge in [0, 0.05) is 13.0 Å². The minimum absolute atomic E-state index is 0.258. The molecule has 0 saturated heterocycles. The fourth-order valence-corrected chi connectivity index (χ4v) is 1.66. The van der Waals surface area contributed by atoms with Crippen molar-refractivity contribution in [3.05, 3.63) is 23.8 Å². The largest absolute Gasteiger partial charge is 0.493 e. The van der Waals surface area contributed by atoms with Crippen molar-refractivity contribution in [3.8, 4) is 11.5 Å². The Balaban J connectivity index is 2.44. The third-order valence-corrected chi connectivity index (χ3v) is 2.76. The van der Waals surface area contributed by atoms with Gasteiger partial charge in [-0.15, -0.1) is 0 Å². The van der Waals surface area contributed by atoms with Gasteiger partial charge in [-0.1, -0.05) is 13.0 Å². The van der Waals surface area contributed by atoms with E-state index in [4.69, 9.17) is 14.2 Å². The van der Waals surface area contributed by atoms with E-state index in [1.165, 1.54) is 0 Å². The summed E-state index contributed by atoms with van der Waals surface area (Å²) in [6.45, 7) is 1.94. The predicted octanol–water partition coefficient (Wildman–Crippen LogP) is 1.66. The van der Waals surface area contributed by atoms with Crippen LogP contribution in [0.25, 0.3) is 0 Å². The summed E-state index contributed by atoms with van der Waals surface area (Å²) in [5.41, 5.74) is 0.862. The van der Waals surface area contributed by atoms with Gasteiger partial charge in [-0.2, -0.15) is 0 Å². The molecule has 1 N–H and O–H groups in total. The molecule has 0 bridgehead atoms. The lowest BCUT2D eigenvalue weighted by Gasteiger charge is -2.10. The van der Waals surface area contributed by atoms with E-state index >= 15 is 0 Å². The van der Waals surface area contributed by atoms with Crippen LogP contribution in [0.2, 0.25) is 0 Å². The van der Waals surface area contributed by atoms with E-state index in [0.717, 1.165) is 5.56 Å². The molecule has 0 saturated carbocycles. The Hall–Kier alpha value is -2.24. The van der Waals surface area contributed by atoms with Gasteiger partial charge in [0.25, 0.3) is 5.91 Å². The second-order valence-corrected chi connectivity index (χ2v) is 4.38. The molecule has 116 valence electrons. The molecule has 0 aliphatic heterocycles. The molecular formula is C15H21NO5. The maximum Gasteiger partial charge on any atom is 0.306 e. The summed E-state index contributed by atoms with van der Waals surface area (Å²) < 4.78 is 15.1. The maximum absolute atomic E-state index is 11.6. The van der Waals surface area contributed by atoms with Crippen molar-refractivity contribution >= 4 is 11.9 Å². The highest BCUT2D eigenvalue weighted by atomic mass is 16.5. The highest BCUT2D eigenvalue weighted by Gasteiger charge is 2.08. The van der Waals surface area contributed by atoms with Gasteiger partial charge in [-0.25, -0.2) is 0 Å². The van der Waals surface area contributed by atoms with Gasteiger partial charge in [-0.05, 0) is 24.1 Å². The number of methoxy groups -OCH3 is 2. The quantitative estimate of drug-likeness (QED) is 0.738. The fraction of sp³-hybridized carbons (Fsp3) is 0.467. The zero-order chi connectivity index (χ0) is 15.7. The van der Waals surface area contributed by atoms with E-state index in [1.54, 1.807) is 26.4 Å². The van der Waals surface area contributed by atoms with Crippen LogP contribution in [0.3, 0.4) is 0 Å². The van der Waals surface area contributed by atoms with Crippen LogP contribution in [-0.2, 0) is 20.9 Å². The molecule has 0 aliphatic carbocycles. The van der Waals surface area contributed by atoms with Crippen LogP contribution in [0.5, 0.6) is 11.5 Å². The number of rotatable bonds is 8. The molecule has 1 aromatic carbocycles. The molecule has 0 atom stereocenters. The molecule has 21 heavy (non-hydrogen) atoms. The summed E-state index contributed by atoms with van der Waals surface area (Å²) in [5, 5.41) is 2.67. The minimum Gasteiger partial charge on any atom is -0.493 e. The zero-order valence-electron chi connectivity index (χ0n) is 12.6. The summed E-state index contributed by atoms with van der Waals surface area (Å²) in [5.74, 6) is 0.521. The Morgan fingerprint density at radius 1 is 1.14 bits per heavy atom. The molecule has 0 aliphatic rings. The monoisotopic (exact) mass is 295 g/mol. The molecule has 0 fully saturated rings. The highest BCUT2D eigenvalue weighted by molar-refractivity contribution is 5.80. The first kappa shape index (κ1) is 16.8. The van der Waals surface area contributed by atoms with E-state index in [-0.39, 0.29) is 18.5 Å². The first-order valence-corrected chi connectivity index (χ1v) is 6.74. The number of carbonyl (C=O) groups is 2. The Morgan fingerprint density at radius 3 is 2.48 bits per heavy atom. The summed E-state index contributed by atoms with van der Waals surface area (Å²) in [4.78, 5) is 22.7.